The second-order valence-corrected chi connectivity index (χ2v) is 9.18. The zero-order valence-electron chi connectivity index (χ0n) is 13.8. The highest BCUT2D eigenvalue weighted by molar-refractivity contribution is 7.98. The van der Waals surface area contributed by atoms with Crippen LogP contribution in [0.1, 0.15) is 20.3 Å². The van der Waals surface area contributed by atoms with Crippen LogP contribution in [0, 0.1) is 5.92 Å². The number of benzene rings is 1. The van der Waals surface area contributed by atoms with Gasteiger partial charge >= 0.3 is 0 Å². The molecule has 1 aromatic rings. The van der Waals surface area contributed by atoms with Gasteiger partial charge in [0.2, 0.25) is 15.9 Å². The monoisotopic (exact) mass is 412 g/mol. The minimum Gasteiger partial charge on any atom is -0.354 e. The molecule has 0 saturated carbocycles. The van der Waals surface area contributed by atoms with Crippen molar-refractivity contribution in [2.75, 3.05) is 18.6 Å². The van der Waals surface area contributed by atoms with Crippen molar-refractivity contribution in [3.05, 3.63) is 28.2 Å². The number of rotatable bonds is 9. The van der Waals surface area contributed by atoms with Crippen molar-refractivity contribution >= 4 is 50.9 Å². The van der Waals surface area contributed by atoms with Gasteiger partial charge in [-0.15, -0.1) is 0 Å². The highest BCUT2D eigenvalue weighted by Gasteiger charge is 2.27. The number of halogens is 2. The van der Waals surface area contributed by atoms with E-state index >= 15 is 0 Å². The summed E-state index contributed by atoms with van der Waals surface area (Å²) in [5.41, 5.74) is 0. The second-order valence-electron chi connectivity index (χ2n) is 5.67. The summed E-state index contributed by atoms with van der Waals surface area (Å²) in [5.74, 6) is 0.569. The Morgan fingerprint density at radius 3 is 2.54 bits per heavy atom. The van der Waals surface area contributed by atoms with Crippen molar-refractivity contribution in [1.29, 1.82) is 0 Å². The number of amides is 1. The predicted molar refractivity (Wildman–Crippen MR) is 101 cm³/mol. The molecule has 1 rings (SSSR count). The van der Waals surface area contributed by atoms with E-state index in [1.807, 2.05) is 20.1 Å². The van der Waals surface area contributed by atoms with Crippen molar-refractivity contribution in [3.63, 3.8) is 0 Å². The zero-order chi connectivity index (χ0) is 18.3. The van der Waals surface area contributed by atoms with E-state index in [1.165, 1.54) is 30.0 Å². The Labute approximate surface area is 157 Å². The topological polar surface area (TPSA) is 75.3 Å². The molecule has 136 valence electrons. The van der Waals surface area contributed by atoms with Gasteiger partial charge in [0.25, 0.3) is 0 Å². The van der Waals surface area contributed by atoms with E-state index in [9.17, 15) is 13.2 Å². The van der Waals surface area contributed by atoms with Gasteiger partial charge in [0.15, 0.2) is 0 Å². The molecule has 24 heavy (non-hydrogen) atoms. The van der Waals surface area contributed by atoms with Crippen LogP contribution in [-0.4, -0.2) is 38.9 Å². The van der Waals surface area contributed by atoms with E-state index in [1.54, 1.807) is 0 Å². The van der Waals surface area contributed by atoms with Gasteiger partial charge in [0.05, 0.1) is 5.02 Å². The van der Waals surface area contributed by atoms with Crippen molar-refractivity contribution in [3.8, 4) is 0 Å². The normalized spacial score (nSPS) is 13.1. The SMILES string of the molecule is CSCCC(NS(=O)(=O)c1cc(Cl)ccc1Cl)C(=O)NCC(C)C. The molecule has 2 N–H and O–H groups in total. The summed E-state index contributed by atoms with van der Waals surface area (Å²) in [6, 6.07) is 3.32. The summed E-state index contributed by atoms with van der Waals surface area (Å²) in [6.45, 7) is 4.41. The smallest absolute Gasteiger partial charge is 0.242 e. The lowest BCUT2D eigenvalue weighted by Crippen LogP contribution is -2.47. The molecular weight excluding hydrogens is 391 g/mol. The quantitative estimate of drug-likeness (QED) is 0.652. The van der Waals surface area contributed by atoms with Gasteiger partial charge in [-0.05, 0) is 42.5 Å². The molecule has 0 radical (unpaired) electrons. The van der Waals surface area contributed by atoms with E-state index in [-0.39, 0.29) is 26.8 Å². The lowest BCUT2D eigenvalue weighted by molar-refractivity contribution is -0.122. The first-order chi connectivity index (χ1) is 11.2. The third-order valence-electron chi connectivity index (χ3n) is 3.09. The maximum Gasteiger partial charge on any atom is 0.242 e. The molecule has 0 heterocycles. The maximum atomic E-state index is 12.6. The Bertz CT molecular complexity index is 667. The molecule has 0 bridgehead atoms. The van der Waals surface area contributed by atoms with Crippen LogP contribution in [0.15, 0.2) is 23.1 Å². The fraction of sp³-hybridized carbons (Fsp3) is 0.533. The number of carbonyl (C=O) groups is 1. The number of hydrogen-bond acceptors (Lipinski definition) is 4. The summed E-state index contributed by atoms with van der Waals surface area (Å²) in [6.07, 6.45) is 2.27. The molecule has 0 aliphatic carbocycles. The number of thioether (sulfide) groups is 1. The Morgan fingerprint density at radius 1 is 1.29 bits per heavy atom. The fourth-order valence-electron chi connectivity index (χ4n) is 1.84. The molecule has 5 nitrogen and oxygen atoms in total. The van der Waals surface area contributed by atoms with E-state index in [0.717, 1.165) is 0 Å². The predicted octanol–water partition coefficient (Wildman–Crippen LogP) is 3.17. The van der Waals surface area contributed by atoms with Gasteiger partial charge in [0, 0.05) is 11.6 Å². The average molecular weight is 413 g/mol. The van der Waals surface area contributed by atoms with E-state index < -0.39 is 16.1 Å². The van der Waals surface area contributed by atoms with Gasteiger partial charge < -0.3 is 5.32 Å². The van der Waals surface area contributed by atoms with E-state index in [2.05, 4.69) is 10.0 Å². The van der Waals surface area contributed by atoms with E-state index in [0.29, 0.717) is 18.7 Å². The van der Waals surface area contributed by atoms with Crippen LogP contribution in [0.3, 0.4) is 0 Å². The molecule has 0 saturated heterocycles. The van der Waals surface area contributed by atoms with Gasteiger partial charge in [-0.2, -0.15) is 16.5 Å². The third-order valence-corrected chi connectivity index (χ3v) is 5.92. The van der Waals surface area contributed by atoms with Crippen molar-refractivity contribution in [2.24, 2.45) is 5.92 Å². The van der Waals surface area contributed by atoms with E-state index in [4.69, 9.17) is 23.2 Å². The molecule has 0 spiro atoms. The Kier molecular flexibility index (Phi) is 8.87. The van der Waals surface area contributed by atoms with Crippen LogP contribution < -0.4 is 10.0 Å². The number of sulfonamides is 1. The van der Waals surface area contributed by atoms with Crippen LogP contribution in [0.4, 0.5) is 0 Å². The third kappa shape index (κ3) is 6.80. The molecule has 0 aliphatic rings. The van der Waals surface area contributed by atoms with Gasteiger partial charge in [-0.3, -0.25) is 4.79 Å². The summed E-state index contributed by atoms with van der Waals surface area (Å²) >= 11 is 13.4. The van der Waals surface area contributed by atoms with Crippen LogP contribution in [0.5, 0.6) is 0 Å². The molecule has 1 unspecified atom stereocenters. The largest absolute Gasteiger partial charge is 0.354 e. The van der Waals surface area contributed by atoms with Gasteiger partial charge in [0.1, 0.15) is 10.9 Å². The molecule has 0 aliphatic heterocycles. The lowest BCUT2D eigenvalue weighted by Gasteiger charge is -2.19. The molecule has 0 aromatic heterocycles. The van der Waals surface area contributed by atoms with Crippen molar-refractivity contribution < 1.29 is 13.2 Å². The summed E-state index contributed by atoms with van der Waals surface area (Å²) in [4.78, 5) is 12.2. The standard InChI is InChI=1S/C15H22Cl2N2O3S2/c1-10(2)9-18-15(20)13(6-7-23-3)19-24(21,22)14-8-11(16)4-5-12(14)17/h4-5,8,10,13,19H,6-7,9H2,1-3H3,(H,18,20). The Morgan fingerprint density at radius 2 is 1.96 bits per heavy atom. The summed E-state index contributed by atoms with van der Waals surface area (Å²) in [5, 5.41) is 3.07. The van der Waals surface area contributed by atoms with Crippen molar-refractivity contribution in [1.82, 2.24) is 10.0 Å². The highest BCUT2D eigenvalue weighted by Crippen LogP contribution is 2.25. The van der Waals surface area contributed by atoms with Crippen molar-refractivity contribution in [2.45, 2.75) is 31.2 Å². The minimum absolute atomic E-state index is 0.0538. The van der Waals surface area contributed by atoms with Gasteiger partial charge in [-0.1, -0.05) is 37.0 Å². The lowest BCUT2D eigenvalue weighted by atomic mass is 10.2. The Balaban J connectivity index is 2.98. The number of nitrogens with one attached hydrogen (secondary N) is 2. The first kappa shape index (κ1) is 21.6. The molecule has 1 amide bonds. The van der Waals surface area contributed by atoms with Crippen LogP contribution in [0.2, 0.25) is 10.0 Å². The molecule has 9 heteroatoms. The molecule has 0 fully saturated rings. The molecular formula is C15H22Cl2N2O3S2. The molecule has 1 atom stereocenters. The van der Waals surface area contributed by atoms with Crippen LogP contribution in [-0.2, 0) is 14.8 Å². The maximum absolute atomic E-state index is 12.6. The molecule has 1 aromatic carbocycles. The summed E-state index contributed by atoms with van der Waals surface area (Å²) in [7, 11) is -3.96. The van der Waals surface area contributed by atoms with Gasteiger partial charge in [-0.25, -0.2) is 8.42 Å². The number of carbonyl (C=O) groups excluding carboxylic acids is 1. The Hall–Kier alpha value is -0.470. The fourth-order valence-corrected chi connectivity index (χ4v) is 4.30. The number of hydrogen-bond donors (Lipinski definition) is 2. The second kappa shape index (κ2) is 9.87. The highest BCUT2D eigenvalue weighted by atomic mass is 35.5. The zero-order valence-corrected chi connectivity index (χ0v) is 17.0. The minimum atomic E-state index is -3.96. The van der Waals surface area contributed by atoms with Crippen LogP contribution >= 0.6 is 35.0 Å². The van der Waals surface area contributed by atoms with Crippen LogP contribution in [0.25, 0.3) is 0 Å². The average Bonchev–Trinajstić information content (AvgIpc) is 2.51. The first-order valence-electron chi connectivity index (χ1n) is 7.41. The first-order valence-corrected chi connectivity index (χ1v) is 11.0. The summed E-state index contributed by atoms with van der Waals surface area (Å²) < 4.78 is 27.6.